The van der Waals surface area contributed by atoms with Gasteiger partial charge in [0.15, 0.2) is 0 Å². The zero-order valence-electron chi connectivity index (χ0n) is 11.9. The summed E-state index contributed by atoms with van der Waals surface area (Å²) in [4.78, 5) is 23.2. The van der Waals surface area contributed by atoms with Crippen LogP contribution in [0.3, 0.4) is 0 Å². The maximum absolute atomic E-state index is 12.0. The van der Waals surface area contributed by atoms with Gasteiger partial charge in [-0.25, -0.2) is 0 Å². The number of nitrogens with one attached hydrogen (secondary N) is 2. The molecule has 1 aliphatic heterocycles. The molecule has 0 unspecified atom stereocenters. The van der Waals surface area contributed by atoms with Crippen molar-refractivity contribution in [3.63, 3.8) is 0 Å². The van der Waals surface area contributed by atoms with Crippen molar-refractivity contribution in [1.29, 1.82) is 0 Å². The third kappa shape index (κ3) is 3.57. The quantitative estimate of drug-likeness (QED) is 0.784. The molecule has 20 heavy (non-hydrogen) atoms. The number of hydrogen-bond donors (Lipinski definition) is 3. The van der Waals surface area contributed by atoms with E-state index < -0.39 is 6.04 Å². The molecule has 2 amide bonds. The van der Waals surface area contributed by atoms with Crippen molar-refractivity contribution in [2.75, 3.05) is 10.6 Å². The lowest BCUT2D eigenvalue weighted by atomic mass is 10.0. The summed E-state index contributed by atoms with van der Waals surface area (Å²) in [6, 6.07) is 5.00. The third-order valence-electron chi connectivity index (χ3n) is 3.33. The molecule has 2 rings (SSSR count). The molecule has 0 saturated carbocycles. The zero-order chi connectivity index (χ0) is 14.7. The van der Waals surface area contributed by atoms with Crippen LogP contribution in [-0.4, -0.2) is 17.9 Å². The number of anilines is 2. The summed E-state index contributed by atoms with van der Waals surface area (Å²) in [5.74, 6) is 0.251. The molecule has 4 N–H and O–H groups in total. The van der Waals surface area contributed by atoms with Gasteiger partial charge in [0.05, 0.1) is 6.04 Å². The first kappa shape index (κ1) is 14.5. The second kappa shape index (κ2) is 6.05. The van der Waals surface area contributed by atoms with E-state index in [-0.39, 0.29) is 11.8 Å². The Balaban J connectivity index is 2.03. The van der Waals surface area contributed by atoms with Gasteiger partial charge < -0.3 is 16.4 Å². The van der Waals surface area contributed by atoms with E-state index in [1.807, 2.05) is 26.0 Å². The highest BCUT2D eigenvalue weighted by Gasteiger charge is 2.17. The lowest BCUT2D eigenvalue weighted by molar-refractivity contribution is -0.118. The van der Waals surface area contributed by atoms with Gasteiger partial charge in [0.25, 0.3) is 0 Å². The van der Waals surface area contributed by atoms with Crippen LogP contribution in [-0.2, 0) is 16.0 Å². The van der Waals surface area contributed by atoms with Crippen LogP contribution in [0.1, 0.15) is 32.3 Å². The summed E-state index contributed by atoms with van der Waals surface area (Å²) in [6.07, 6.45) is 1.84. The van der Waals surface area contributed by atoms with Gasteiger partial charge in [0.2, 0.25) is 11.8 Å². The van der Waals surface area contributed by atoms with Crippen molar-refractivity contribution in [2.45, 2.75) is 39.2 Å². The maximum Gasteiger partial charge on any atom is 0.241 e. The van der Waals surface area contributed by atoms with Crippen molar-refractivity contribution in [2.24, 2.45) is 11.7 Å². The Hall–Kier alpha value is -1.88. The number of aryl methyl sites for hydroxylation is 1. The summed E-state index contributed by atoms with van der Waals surface area (Å²) in [5.41, 5.74) is 8.45. The molecular weight excluding hydrogens is 254 g/mol. The van der Waals surface area contributed by atoms with Crippen molar-refractivity contribution in [3.05, 3.63) is 23.8 Å². The Kier molecular flexibility index (Phi) is 4.39. The van der Waals surface area contributed by atoms with Gasteiger partial charge in [0, 0.05) is 17.8 Å². The van der Waals surface area contributed by atoms with Gasteiger partial charge in [-0.15, -0.1) is 0 Å². The topological polar surface area (TPSA) is 84.2 Å². The molecule has 0 saturated heterocycles. The first-order valence-electron chi connectivity index (χ1n) is 6.95. The highest BCUT2D eigenvalue weighted by molar-refractivity contribution is 5.97. The number of rotatable bonds is 4. The Bertz CT molecular complexity index is 526. The monoisotopic (exact) mass is 275 g/mol. The minimum atomic E-state index is -0.495. The number of fused-ring (bicyclic) bond motifs is 1. The molecule has 1 heterocycles. The predicted molar refractivity (Wildman–Crippen MR) is 79.5 cm³/mol. The van der Waals surface area contributed by atoms with Crippen LogP contribution in [0.25, 0.3) is 0 Å². The lowest BCUT2D eigenvalue weighted by Crippen LogP contribution is -2.36. The minimum Gasteiger partial charge on any atom is -0.326 e. The molecule has 1 aliphatic rings. The Labute approximate surface area is 118 Å². The van der Waals surface area contributed by atoms with Gasteiger partial charge >= 0.3 is 0 Å². The van der Waals surface area contributed by atoms with Crippen LogP contribution in [0.4, 0.5) is 11.4 Å². The number of carbonyl (C=O) groups excluding carboxylic acids is 2. The molecule has 1 aromatic rings. The summed E-state index contributed by atoms with van der Waals surface area (Å²) in [7, 11) is 0. The number of benzene rings is 1. The fourth-order valence-corrected chi connectivity index (χ4v) is 2.31. The highest BCUT2D eigenvalue weighted by atomic mass is 16.2. The van der Waals surface area contributed by atoms with Crippen molar-refractivity contribution >= 4 is 23.2 Å². The zero-order valence-corrected chi connectivity index (χ0v) is 11.9. The summed E-state index contributed by atoms with van der Waals surface area (Å²) in [6.45, 7) is 4.07. The average Bonchev–Trinajstić information content (AvgIpc) is 2.38. The number of hydrogen-bond acceptors (Lipinski definition) is 3. The van der Waals surface area contributed by atoms with Gasteiger partial charge in [-0.3, -0.25) is 9.59 Å². The Morgan fingerprint density at radius 3 is 2.85 bits per heavy atom. The van der Waals surface area contributed by atoms with Gasteiger partial charge in [-0.1, -0.05) is 13.8 Å². The van der Waals surface area contributed by atoms with Crippen LogP contribution in [0, 0.1) is 5.92 Å². The summed E-state index contributed by atoms with van der Waals surface area (Å²) < 4.78 is 0. The molecule has 1 atom stereocenters. The SMILES string of the molecule is CC(C)C[C@H](N)C(=O)Nc1ccc2c(c1)CCC(=O)N2. The summed E-state index contributed by atoms with van der Waals surface area (Å²) >= 11 is 0. The molecule has 0 radical (unpaired) electrons. The molecule has 0 fully saturated rings. The fraction of sp³-hybridized carbons (Fsp3) is 0.467. The fourth-order valence-electron chi connectivity index (χ4n) is 2.31. The Morgan fingerprint density at radius 2 is 2.15 bits per heavy atom. The second-order valence-electron chi connectivity index (χ2n) is 5.65. The normalized spacial score (nSPS) is 15.5. The van der Waals surface area contributed by atoms with E-state index in [0.29, 0.717) is 25.2 Å². The minimum absolute atomic E-state index is 0.0354. The largest absolute Gasteiger partial charge is 0.326 e. The van der Waals surface area contributed by atoms with E-state index in [1.165, 1.54) is 0 Å². The van der Waals surface area contributed by atoms with E-state index in [4.69, 9.17) is 5.73 Å². The number of nitrogens with two attached hydrogens (primary N) is 1. The van der Waals surface area contributed by atoms with Crippen LogP contribution >= 0.6 is 0 Å². The first-order chi connectivity index (χ1) is 9.45. The molecule has 0 bridgehead atoms. The molecule has 5 nitrogen and oxygen atoms in total. The standard InChI is InChI=1S/C15H21N3O2/c1-9(2)7-12(16)15(20)17-11-4-5-13-10(8-11)3-6-14(19)18-13/h4-5,8-9,12H,3,6-7,16H2,1-2H3,(H,17,20)(H,18,19)/t12-/m0/s1. The van der Waals surface area contributed by atoms with Crippen LogP contribution < -0.4 is 16.4 Å². The van der Waals surface area contributed by atoms with Crippen molar-refractivity contribution < 1.29 is 9.59 Å². The number of carbonyl (C=O) groups is 2. The maximum atomic E-state index is 12.0. The number of amides is 2. The van der Waals surface area contributed by atoms with E-state index >= 15 is 0 Å². The van der Waals surface area contributed by atoms with Crippen molar-refractivity contribution in [3.8, 4) is 0 Å². The van der Waals surface area contributed by atoms with Crippen molar-refractivity contribution in [1.82, 2.24) is 0 Å². The third-order valence-corrected chi connectivity index (χ3v) is 3.33. The summed E-state index contributed by atoms with van der Waals surface area (Å²) in [5, 5.41) is 5.64. The van der Waals surface area contributed by atoms with Crippen LogP contribution in [0.2, 0.25) is 0 Å². The molecule has 0 aliphatic carbocycles. The molecule has 108 valence electrons. The van der Waals surface area contributed by atoms with Crippen LogP contribution in [0.5, 0.6) is 0 Å². The average molecular weight is 275 g/mol. The van der Waals surface area contributed by atoms with Crippen LogP contribution in [0.15, 0.2) is 18.2 Å². The predicted octanol–water partition coefficient (Wildman–Crippen LogP) is 1.88. The molecule has 1 aromatic carbocycles. The van der Waals surface area contributed by atoms with Gasteiger partial charge in [0.1, 0.15) is 0 Å². The Morgan fingerprint density at radius 1 is 1.40 bits per heavy atom. The molecular formula is C15H21N3O2. The highest BCUT2D eigenvalue weighted by Crippen LogP contribution is 2.25. The first-order valence-corrected chi connectivity index (χ1v) is 6.95. The van der Waals surface area contributed by atoms with Gasteiger partial charge in [-0.05, 0) is 42.5 Å². The molecule has 0 spiro atoms. The van der Waals surface area contributed by atoms with E-state index in [2.05, 4.69) is 10.6 Å². The van der Waals surface area contributed by atoms with E-state index in [0.717, 1.165) is 16.9 Å². The molecule has 5 heteroatoms. The second-order valence-corrected chi connectivity index (χ2v) is 5.65. The lowest BCUT2D eigenvalue weighted by Gasteiger charge is -2.19. The molecule has 0 aromatic heterocycles. The van der Waals surface area contributed by atoms with Gasteiger partial charge in [-0.2, -0.15) is 0 Å². The van der Waals surface area contributed by atoms with E-state index in [1.54, 1.807) is 6.07 Å². The van der Waals surface area contributed by atoms with E-state index in [9.17, 15) is 9.59 Å². The smallest absolute Gasteiger partial charge is 0.241 e.